The number of benzene rings is 2. The summed E-state index contributed by atoms with van der Waals surface area (Å²) in [5.74, 6) is 0. The zero-order chi connectivity index (χ0) is 22.9. The molecular formula is C30H40Si2. The van der Waals surface area contributed by atoms with Crippen LogP contribution in [0.25, 0.3) is 21.5 Å². The highest BCUT2D eigenvalue weighted by atomic mass is 28.3. The van der Waals surface area contributed by atoms with Gasteiger partial charge in [-0.2, -0.15) is 0 Å². The van der Waals surface area contributed by atoms with Crippen molar-refractivity contribution < 1.29 is 0 Å². The van der Waals surface area contributed by atoms with E-state index >= 15 is 0 Å². The minimum absolute atomic E-state index is 1.33. The van der Waals surface area contributed by atoms with Crippen LogP contribution in [0.3, 0.4) is 0 Å². The van der Waals surface area contributed by atoms with Gasteiger partial charge in [-0.1, -0.05) is 149 Å². The summed E-state index contributed by atoms with van der Waals surface area (Å²) in [6.07, 6.45) is 5.26. The van der Waals surface area contributed by atoms with E-state index in [0.29, 0.717) is 0 Å². The van der Waals surface area contributed by atoms with E-state index in [9.17, 15) is 0 Å². The Balaban J connectivity index is 2.02. The van der Waals surface area contributed by atoms with Crippen molar-refractivity contribution in [2.75, 3.05) is 0 Å². The maximum absolute atomic E-state index is 2.63. The van der Waals surface area contributed by atoms with Gasteiger partial charge in [0.25, 0.3) is 0 Å². The Hall–Kier alpha value is -1.91. The van der Waals surface area contributed by atoms with Gasteiger partial charge in [0.2, 0.25) is 0 Å². The van der Waals surface area contributed by atoms with Gasteiger partial charge in [-0.15, -0.1) is 0 Å². The van der Waals surface area contributed by atoms with Crippen LogP contribution in [0.15, 0.2) is 60.7 Å². The first-order chi connectivity index (χ1) is 15.5. The monoisotopic (exact) mass is 456 g/mol. The Labute approximate surface area is 198 Å². The van der Waals surface area contributed by atoms with Crippen molar-refractivity contribution in [2.45, 2.75) is 77.8 Å². The molecule has 0 aliphatic heterocycles. The van der Waals surface area contributed by atoms with Crippen LogP contribution in [0.1, 0.15) is 63.8 Å². The van der Waals surface area contributed by atoms with Crippen LogP contribution in [0.2, 0.25) is 36.3 Å². The molecule has 2 heteroatoms. The van der Waals surface area contributed by atoms with Gasteiger partial charge in [-0.05, 0) is 33.4 Å². The quantitative estimate of drug-likeness (QED) is 0.347. The summed E-state index contributed by atoms with van der Waals surface area (Å²) in [5, 5.41) is 3.40. The fourth-order valence-corrected chi connectivity index (χ4v) is 14.2. The Bertz CT molecular complexity index is 987. The molecule has 0 N–H and O–H groups in total. The largest absolute Gasteiger partial charge is 0.0867 e. The third kappa shape index (κ3) is 3.38. The summed E-state index contributed by atoms with van der Waals surface area (Å²) in [6.45, 7) is 14.6. The molecule has 0 heterocycles. The molecule has 168 valence electrons. The number of hydrogen-bond acceptors (Lipinski definition) is 0. The molecule has 0 spiro atoms. The Morgan fingerprint density at radius 3 is 1.00 bits per heavy atom. The number of rotatable bonds is 8. The molecule has 2 aromatic rings. The molecule has 32 heavy (non-hydrogen) atoms. The third-order valence-corrected chi connectivity index (χ3v) is 20.3. The van der Waals surface area contributed by atoms with Crippen molar-refractivity contribution >= 4 is 37.7 Å². The molecule has 0 fully saturated rings. The molecule has 0 saturated carbocycles. The maximum Gasteiger partial charge on any atom is 0.0867 e. The smallest absolute Gasteiger partial charge is 0.0675 e. The summed E-state index contributed by atoms with van der Waals surface area (Å²) in [7, 11) is -2.96. The molecule has 0 aromatic heterocycles. The minimum Gasteiger partial charge on any atom is -0.0675 e. The van der Waals surface area contributed by atoms with Crippen molar-refractivity contribution in [1.82, 2.24) is 0 Å². The first kappa shape index (κ1) is 23.3. The zero-order valence-electron chi connectivity index (χ0n) is 21.0. The van der Waals surface area contributed by atoms with Crippen molar-refractivity contribution in [3.63, 3.8) is 0 Å². The van der Waals surface area contributed by atoms with Crippen molar-refractivity contribution in [3.8, 4) is 0 Å². The Morgan fingerprint density at radius 1 is 0.438 bits per heavy atom. The van der Waals surface area contributed by atoms with Crippen LogP contribution in [0.5, 0.6) is 0 Å². The molecule has 0 nitrogen and oxygen atoms in total. The van der Waals surface area contributed by atoms with Gasteiger partial charge >= 0.3 is 0 Å². The molecule has 0 saturated heterocycles. The van der Waals surface area contributed by atoms with Gasteiger partial charge in [-0.25, -0.2) is 0 Å². The average Bonchev–Trinajstić information content (AvgIpc) is 3.42. The van der Waals surface area contributed by atoms with E-state index in [0.717, 1.165) is 0 Å². The molecule has 0 bridgehead atoms. The predicted molar refractivity (Wildman–Crippen MR) is 150 cm³/mol. The van der Waals surface area contributed by atoms with E-state index in [-0.39, 0.29) is 0 Å². The Morgan fingerprint density at radius 2 is 0.719 bits per heavy atom. The van der Waals surface area contributed by atoms with Crippen LogP contribution >= 0.6 is 0 Å². The Kier molecular flexibility index (Phi) is 6.65. The molecule has 4 rings (SSSR count). The molecule has 2 aliphatic carbocycles. The van der Waals surface area contributed by atoms with Gasteiger partial charge in [0, 0.05) is 0 Å². The summed E-state index contributed by atoms with van der Waals surface area (Å²) >= 11 is 0. The fraction of sp³-hybridized carbons (Fsp3) is 0.400. The highest BCUT2D eigenvalue weighted by molar-refractivity contribution is 6.97. The molecule has 0 amide bonds. The molecule has 0 unspecified atom stereocenters. The van der Waals surface area contributed by atoms with Crippen molar-refractivity contribution in [3.05, 3.63) is 82.9 Å². The topological polar surface area (TPSA) is 0 Å². The molecule has 0 radical (unpaired) electrons. The second-order valence-corrected chi connectivity index (χ2v) is 20.2. The average molecular weight is 457 g/mol. The third-order valence-electron chi connectivity index (χ3n) is 9.09. The summed E-state index contributed by atoms with van der Waals surface area (Å²) in [6, 6.07) is 26.5. The van der Waals surface area contributed by atoms with Crippen molar-refractivity contribution in [2.24, 2.45) is 0 Å². The summed E-state index contributed by atoms with van der Waals surface area (Å²) in [4.78, 5) is 0. The van der Waals surface area contributed by atoms with Crippen LogP contribution in [0, 0.1) is 0 Å². The number of hydrogen-bond donors (Lipinski definition) is 0. The van der Waals surface area contributed by atoms with Crippen LogP contribution in [0.4, 0.5) is 0 Å². The van der Waals surface area contributed by atoms with E-state index in [1.807, 2.05) is 0 Å². The lowest BCUT2D eigenvalue weighted by Crippen LogP contribution is -2.33. The second-order valence-electron chi connectivity index (χ2n) is 9.72. The minimum atomic E-state index is -1.48. The first-order valence-electron chi connectivity index (χ1n) is 12.9. The first-order valence-corrected chi connectivity index (χ1v) is 18.2. The lowest BCUT2D eigenvalue weighted by atomic mass is 9.97. The summed E-state index contributed by atoms with van der Waals surface area (Å²) < 4.78 is 0. The summed E-state index contributed by atoms with van der Waals surface area (Å²) in [5.41, 5.74) is 8.95. The van der Waals surface area contributed by atoms with E-state index in [1.54, 1.807) is 10.4 Å². The number of allylic oxidation sites excluding steroid dienone is 4. The van der Waals surface area contributed by atoms with Gasteiger partial charge in [0.05, 0.1) is 16.1 Å². The normalized spacial score (nSPS) is 17.8. The van der Waals surface area contributed by atoms with Crippen LogP contribution < -0.4 is 0 Å². The predicted octanol–water partition coefficient (Wildman–Crippen LogP) is 9.49. The van der Waals surface area contributed by atoms with E-state index in [2.05, 4.69) is 102 Å². The SMILES string of the molecule is CC[Si](CC)(CC)C1=C/C(=C2/C=C([Si](CC)(CC)CC)c3ccccc32)c2ccccc21. The highest BCUT2D eigenvalue weighted by Gasteiger charge is 2.39. The molecular weight excluding hydrogens is 417 g/mol. The molecule has 2 aromatic carbocycles. The lowest BCUT2D eigenvalue weighted by molar-refractivity contribution is 1.20. The number of fused-ring (bicyclic) bond motifs is 2. The van der Waals surface area contributed by atoms with Gasteiger partial charge in [-0.3, -0.25) is 0 Å². The standard InChI is InChI=1S/C30H40Si2/c1-7-31(8-2,9-3)29-21-27(23-17-13-15-19-25(23)29)28-22-30(32(10-4,11-5)12-6)26-20-16-14-18-24(26)28/h13-22H,7-12H2,1-6H3/b28-27+. The lowest BCUT2D eigenvalue weighted by Gasteiger charge is -2.30. The van der Waals surface area contributed by atoms with Crippen molar-refractivity contribution in [1.29, 1.82) is 0 Å². The van der Waals surface area contributed by atoms with E-state index in [4.69, 9.17) is 0 Å². The van der Waals surface area contributed by atoms with Crippen LogP contribution in [-0.2, 0) is 0 Å². The second kappa shape index (κ2) is 9.15. The zero-order valence-corrected chi connectivity index (χ0v) is 23.0. The molecule has 0 atom stereocenters. The highest BCUT2D eigenvalue weighted by Crippen LogP contribution is 2.51. The van der Waals surface area contributed by atoms with Gasteiger partial charge in [0.1, 0.15) is 0 Å². The van der Waals surface area contributed by atoms with Gasteiger partial charge in [0.15, 0.2) is 0 Å². The van der Waals surface area contributed by atoms with Gasteiger partial charge < -0.3 is 0 Å². The van der Waals surface area contributed by atoms with E-state index < -0.39 is 16.1 Å². The fourth-order valence-electron chi connectivity index (χ4n) is 6.47. The van der Waals surface area contributed by atoms with E-state index in [1.165, 1.54) is 69.7 Å². The molecule has 2 aliphatic rings. The maximum atomic E-state index is 2.63. The van der Waals surface area contributed by atoms with Crippen LogP contribution in [-0.4, -0.2) is 16.1 Å².